The number of methoxy groups -OCH3 is 2. The van der Waals surface area contributed by atoms with Crippen molar-refractivity contribution in [2.24, 2.45) is 0 Å². The molecule has 6 nitrogen and oxygen atoms in total. The molecule has 2 aromatic rings. The van der Waals surface area contributed by atoms with Crippen LogP contribution in [0.1, 0.15) is 48.7 Å². The third-order valence-corrected chi connectivity index (χ3v) is 4.54. The predicted octanol–water partition coefficient (Wildman–Crippen LogP) is 4.73. The number of benzene rings is 2. The molecule has 0 aliphatic heterocycles. The number of amides is 1. The highest BCUT2D eigenvalue weighted by atomic mass is 16.6. The van der Waals surface area contributed by atoms with Crippen LogP contribution in [0.2, 0.25) is 0 Å². The standard InChI is InChI=1S/C24H31NO5/c1-24(2,3)30-23(27)25(4)15-7-8-18-16-19(11-14-21(18)29-6)22(26)17-9-12-20(28-5)13-10-17/h9-14,16H,7-8,15H2,1-6H3. The van der Waals surface area contributed by atoms with E-state index in [4.69, 9.17) is 14.2 Å². The highest BCUT2D eigenvalue weighted by molar-refractivity contribution is 6.09. The Balaban J connectivity index is 2.06. The van der Waals surface area contributed by atoms with Crippen molar-refractivity contribution in [3.63, 3.8) is 0 Å². The van der Waals surface area contributed by atoms with Gasteiger partial charge in [0.25, 0.3) is 0 Å². The molecular formula is C24H31NO5. The molecule has 162 valence electrons. The molecule has 0 aromatic heterocycles. The largest absolute Gasteiger partial charge is 0.497 e. The lowest BCUT2D eigenvalue weighted by molar-refractivity contribution is 0.0297. The lowest BCUT2D eigenvalue weighted by Crippen LogP contribution is -2.34. The van der Waals surface area contributed by atoms with Crippen LogP contribution in [0, 0.1) is 0 Å². The lowest BCUT2D eigenvalue weighted by atomic mass is 9.98. The van der Waals surface area contributed by atoms with E-state index in [-0.39, 0.29) is 11.9 Å². The molecule has 0 aliphatic carbocycles. The molecule has 6 heteroatoms. The van der Waals surface area contributed by atoms with E-state index in [2.05, 4.69) is 0 Å². The van der Waals surface area contributed by atoms with Gasteiger partial charge in [0.1, 0.15) is 17.1 Å². The molecule has 0 aliphatic rings. The fraction of sp³-hybridized carbons (Fsp3) is 0.417. The SMILES string of the molecule is COc1ccc(C(=O)c2ccc(OC)c(CCCN(C)C(=O)OC(C)(C)C)c2)cc1. The van der Waals surface area contributed by atoms with Crippen molar-refractivity contribution in [3.8, 4) is 11.5 Å². The maximum atomic E-state index is 12.9. The van der Waals surface area contributed by atoms with Crippen LogP contribution in [0.3, 0.4) is 0 Å². The number of rotatable bonds is 8. The average Bonchev–Trinajstić information content (AvgIpc) is 2.71. The van der Waals surface area contributed by atoms with E-state index in [1.54, 1.807) is 56.5 Å². The van der Waals surface area contributed by atoms with Gasteiger partial charge in [-0.15, -0.1) is 0 Å². The quantitative estimate of drug-likeness (QED) is 0.585. The second-order valence-electron chi connectivity index (χ2n) is 8.09. The number of carbonyl (C=O) groups is 2. The Morgan fingerprint density at radius 1 is 0.933 bits per heavy atom. The van der Waals surface area contributed by atoms with Gasteiger partial charge in [0.05, 0.1) is 14.2 Å². The molecule has 2 rings (SSSR count). The van der Waals surface area contributed by atoms with Gasteiger partial charge in [-0.25, -0.2) is 4.79 Å². The molecule has 0 N–H and O–H groups in total. The Morgan fingerprint density at radius 3 is 2.13 bits per heavy atom. The molecule has 0 heterocycles. The van der Waals surface area contributed by atoms with Gasteiger partial charge in [-0.1, -0.05) is 0 Å². The van der Waals surface area contributed by atoms with Crippen LogP contribution in [0.15, 0.2) is 42.5 Å². The third kappa shape index (κ3) is 6.51. The van der Waals surface area contributed by atoms with Crippen LogP contribution < -0.4 is 9.47 Å². The van der Waals surface area contributed by atoms with Gasteiger partial charge in [-0.05, 0) is 81.6 Å². The van der Waals surface area contributed by atoms with Gasteiger partial charge in [0, 0.05) is 24.7 Å². The summed E-state index contributed by atoms with van der Waals surface area (Å²) in [6.45, 7) is 6.06. The predicted molar refractivity (Wildman–Crippen MR) is 117 cm³/mol. The summed E-state index contributed by atoms with van der Waals surface area (Å²) in [6.07, 6.45) is 1.03. The zero-order valence-electron chi connectivity index (χ0n) is 18.7. The zero-order valence-corrected chi connectivity index (χ0v) is 18.7. The summed E-state index contributed by atoms with van der Waals surface area (Å²) in [7, 11) is 4.92. The molecule has 0 spiro atoms. The summed E-state index contributed by atoms with van der Waals surface area (Å²) in [5, 5.41) is 0. The fourth-order valence-electron chi connectivity index (χ4n) is 2.96. The van der Waals surface area contributed by atoms with E-state index in [1.165, 1.54) is 0 Å². The number of ether oxygens (including phenoxy) is 3. The maximum absolute atomic E-state index is 12.9. The van der Waals surface area contributed by atoms with Crippen molar-refractivity contribution in [1.82, 2.24) is 4.90 Å². The third-order valence-electron chi connectivity index (χ3n) is 4.54. The van der Waals surface area contributed by atoms with Crippen LogP contribution >= 0.6 is 0 Å². The molecule has 30 heavy (non-hydrogen) atoms. The van der Waals surface area contributed by atoms with Crippen LogP contribution in [-0.2, 0) is 11.2 Å². The molecular weight excluding hydrogens is 382 g/mol. The van der Waals surface area contributed by atoms with E-state index in [0.717, 1.165) is 11.3 Å². The topological polar surface area (TPSA) is 65.1 Å². The van der Waals surface area contributed by atoms with Crippen LogP contribution in [0.4, 0.5) is 4.79 Å². The Morgan fingerprint density at radius 2 is 1.57 bits per heavy atom. The summed E-state index contributed by atoms with van der Waals surface area (Å²) in [5.74, 6) is 1.37. The first-order chi connectivity index (χ1) is 14.1. The highest BCUT2D eigenvalue weighted by Crippen LogP contribution is 2.24. The van der Waals surface area contributed by atoms with Crippen molar-refractivity contribution >= 4 is 11.9 Å². The number of nitrogens with zero attached hydrogens (tertiary/aromatic N) is 1. The monoisotopic (exact) mass is 413 g/mol. The average molecular weight is 414 g/mol. The van der Waals surface area contributed by atoms with E-state index >= 15 is 0 Å². The fourth-order valence-corrected chi connectivity index (χ4v) is 2.96. The molecule has 0 unspecified atom stereocenters. The molecule has 0 radical (unpaired) electrons. The van der Waals surface area contributed by atoms with Gasteiger partial charge in [0.2, 0.25) is 0 Å². The van der Waals surface area contributed by atoms with Gasteiger partial charge >= 0.3 is 6.09 Å². The summed E-state index contributed by atoms with van der Waals surface area (Å²) in [4.78, 5) is 26.5. The first-order valence-electron chi connectivity index (χ1n) is 9.94. The molecule has 1 amide bonds. The molecule has 0 saturated heterocycles. The van der Waals surface area contributed by atoms with Crippen LogP contribution in [-0.4, -0.2) is 50.2 Å². The number of carbonyl (C=O) groups excluding carboxylic acids is 2. The van der Waals surface area contributed by atoms with E-state index in [9.17, 15) is 9.59 Å². The van der Waals surface area contributed by atoms with Crippen molar-refractivity contribution in [2.75, 3.05) is 27.8 Å². The summed E-state index contributed by atoms with van der Waals surface area (Å²) in [6, 6.07) is 12.5. The van der Waals surface area contributed by atoms with Gasteiger partial charge in [-0.3, -0.25) is 4.79 Å². The van der Waals surface area contributed by atoms with E-state index in [0.29, 0.717) is 36.3 Å². The van der Waals surface area contributed by atoms with Crippen molar-refractivity contribution < 1.29 is 23.8 Å². The summed E-state index contributed by atoms with van der Waals surface area (Å²) >= 11 is 0. The van der Waals surface area contributed by atoms with Crippen molar-refractivity contribution in [2.45, 2.75) is 39.2 Å². The van der Waals surface area contributed by atoms with Gasteiger partial charge in [0.15, 0.2) is 5.78 Å². The Labute approximate surface area is 178 Å². The molecule has 0 atom stereocenters. The number of ketones is 1. The lowest BCUT2D eigenvalue weighted by Gasteiger charge is -2.24. The zero-order chi connectivity index (χ0) is 22.3. The minimum absolute atomic E-state index is 0.0626. The maximum Gasteiger partial charge on any atom is 0.410 e. The molecule has 0 bridgehead atoms. The minimum Gasteiger partial charge on any atom is -0.497 e. The smallest absolute Gasteiger partial charge is 0.410 e. The minimum atomic E-state index is -0.523. The molecule has 2 aromatic carbocycles. The van der Waals surface area contributed by atoms with Crippen LogP contribution in [0.5, 0.6) is 11.5 Å². The molecule has 0 saturated carbocycles. The van der Waals surface area contributed by atoms with E-state index in [1.807, 2.05) is 32.9 Å². The molecule has 0 fully saturated rings. The summed E-state index contributed by atoms with van der Waals surface area (Å²) < 4.78 is 16.0. The Hall–Kier alpha value is -3.02. The first kappa shape index (κ1) is 23.3. The second kappa shape index (κ2) is 10.1. The first-order valence-corrected chi connectivity index (χ1v) is 9.94. The van der Waals surface area contributed by atoms with Crippen LogP contribution in [0.25, 0.3) is 0 Å². The number of hydrogen-bond acceptors (Lipinski definition) is 5. The number of aryl methyl sites for hydroxylation is 1. The number of hydrogen-bond donors (Lipinski definition) is 0. The van der Waals surface area contributed by atoms with Gasteiger partial charge < -0.3 is 19.1 Å². The highest BCUT2D eigenvalue weighted by Gasteiger charge is 2.19. The Bertz CT molecular complexity index is 868. The second-order valence-corrected chi connectivity index (χ2v) is 8.09. The Kier molecular flexibility index (Phi) is 7.86. The van der Waals surface area contributed by atoms with E-state index < -0.39 is 5.60 Å². The van der Waals surface area contributed by atoms with Crippen molar-refractivity contribution in [1.29, 1.82) is 0 Å². The summed E-state index contributed by atoms with van der Waals surface area (Å²) in [5.41, 5.74) is 1.59. The van der Waals surface area contributed by atoms with Crippen molar-refractivity contribution in [3.05, 3.63) is 59.2 Å². The normalized spacial score (nSPS) is 11.0. The van der Waals surface area contributed by atoms with Gasteiger partial charge in [-0.2, -0.15) is 0 Å².